The van der Waals surface area contributed by atoms with Crippen molar-refractivity contribution >= 4 is 23.5 Å². The summed E-state index contributed by atoms with van der Waals surface area (Å²) in [6, 6.07) is 4.52. The van der Waals surface area contributed by atoms with Gasteiger partial charge in [0, 0.05) is 18.3 Å². The average Bonchev–Trinajstić information content (AvgIpc) is 2.61. The van der Waals surface area contributed by atoms with Gasteiger partial charge >= 0.3 is 0 Å². The summed E-state index contributed by atoms with van der Waals surface area (Å²) in [4.78, 5) is 12.5. The van der Waals surface area contributed by atoms with Gasteiger partial charge in [-0.2, -0.15) is 15.0 Å². The van der Waals surface area contributed by atoms with Gasteiger partial charge in [-0.15, -0.1) is 0 Å². The molecule has 0 radical (unpaired) electrons. The molecule has 0 bridgehead atoms. The highest BCUT2D eigenvalue weighted by atomic mass is 19.1. The lowest BCUT2D eigenvalue weighted by Gasteiger charge is -2.21. The van der Waals surface area contributed by atoms with E-state index in [-0.39, 0.29) is 17.6 Å². The Morgan fingerprint density at radius 1 is 1.16 bits per heavy atom. The highest BCUT2D eigenvalue weighted by Gasteiger charge is 2.14. The Hall–Kier alpha value is -2.64. The molecular weight excluding hydrogens is 323 g/mol. The fourth-order valence-electron chi connectivity index (χ4n) is 3.03. The lowest BCUT2D eigenvalue weighted by atomic mass is 9.89. The van der Waals surface area contributed by atoms with Crippen LogP contribution in [0.2, 0.25) is 0 Å². The number of halogens is 1. The summed E-state index contributed by atoms with van der Waals surface area (Å²) in [6.07, 6.45) is 6.33. The van der Waals surface area contributed by atoms with Gasteiger partial charge in [-0.1, -0.05) is 19.3 Å². The quantitative estimate of drug-likeness (QED) is 0.738. The van der Waals surface area contributed by atoms with Crippen molar-refractivity contribution < 1.29 is 9.13 Å². The molecule has 25 heavy (non-hydrogen) atoms. The molecule has 1 aliphatic carbocycles. The van der Waals surface area contributed by atoms with Crippen molar-refractivity contribution in [3.63, 3.8) is 0 Å². The molecule has 0 amide bonds. The Kier molecular flexibility index (Phi) is 5.47. The van der Waals surface area contributed by atoms with Crippen molar-refractivity contribution in [2.24, 2.45) is 5.92 Å². The molecule has 7 nitrogen and oxygen atoms in total. The Morgan fingerprint density at radius 3 is 2.64 bits per heavy atom. The van der Waals surface area contributed by atoms with E-state index in [0.717, 1.165) is 6.54 Å². The molecule has 1 fully saturated rings. The fourth-order valence-corrected chi connectivity index (χ4v) is 3.03. The van der Waals surface area contributed by atoms with Gasteiger partial charge < -0.3 is 21.1 Å². The van der Waals surface area contributed by atoms with E-state index < -0.39 is 5.82 Å². The van der Waals surface area contributed by atoms with Crippen LogP contribution in [-0.2, 0) is 0 Å². The molecule has 0 atom stereocenters. The van der Waals surface area contributed by atoms with E-state index in [1.54, 1.807) is 6.07 Å². The Labute approximate surface area is 146 Å². The number of nitrogen functional groups attached to an aromatic ring is 1. The van der Waals surface area contributed by atoms with Gasteiger partial charge in [-0.05, 0) is 30.9 Å². The molecule has 8 heteroatoms. The molecule has 1 aliphatic rings. The number of rotatable bonds is 6. The maximum Gasteiger partial charge on any atom is 0.233 e. The Balaban J connectivity index is 1.67. The molecule has 1 saturated carbocycles. The number of benzene rings is 1. The van der Waals surface area contributed by atoms with Gasteiger partial charge in [-0.3, -0.25) is 0 Å². The van der Waals surface area contributed by atoms with Gasteiger partial charge in [0.25, 0.3) is 0 Å². The van der Waals surface area contributed by atoms with E-state index >= 15 is 0 Å². The molecule has 4 N–H and O–H groups in total. The molecule has 0 saturated heterocycles. The number of anilines is 4. The first-order valence-corrected chi connectivity index (χ1v) is 8.50. The number of nitrogens with zero attached hydrogens (tertiary/aromatic N) is 3. The van der Waals surface area contributed by atoms with Crippen LogP contribution < -0.4 is 21.1 Å². The summed E-state index contributed by atoms with van der Waals surface area (Å²) in [5.41, 5.74) is 6.26. The Morgan fingerprint density at radius 2 is 1.92 bits per heavy atom. The van der Waals surface area contributed by atoms with Gasteiger partial charge in [0.15, 0.2) is 11.6 Å². The molecule has 0 spiro atoms. The van der Waals surface area contributed by atoms with Crippen LogP contribution in [0.1, 0.15) is 32.1 Å². The Bertz CT molecular complexity index is 720. The van der Waals surface area contributed by atoms with Crippen molar-refractivity contribution in [2.75, 3.05) is 30.0 Å². The first-order valence-electron chi connectivity index (χ1n) is 8.50. The first-order chi connectivity index (χ1) is 12.1. The molecular formula is C17H23FN6O. The highest BCUT2D eigenvalue weighted by molar-refractivity contribution is 5.56. The third-order valence-electron chi connectivity index (χ3n) is 4.33. The van der Waals surface area contributed by atoms with E-state index in [1.165, 1.54) is 51.3 Å². The zero-order chi connectivity index (χ0) is 17.6. The van der Waals surface area contributed by atoms with E-state index in [2.05, 4.69) is 25.6 Å². The van der Waals surface area contributed by atoms with Gasteiger partial charge in [0.05, 0.1) is 7.11 Å². The van der Waals surface area contributed by atoms with Crippen LogP contribution in [0.5, 0.6) is 5.75 Å². The summed E-state index contributed by atoms with van der Waals surface area (Å²) in [5.74, 6) is 1.15. The number of nitrogens with one attached hydrogen (secondary N) is 2. The van der Waals surface area contributed by atoms with Crippen molar-refractivity contribution in [1.82, 2.24) is 15.0 Å². The van der Waals surface area contributed by atoms with Gasteiger partial charge in [-0.25, -0.2) is 4.39 Å². The monoisotopic (exact) mass is 346 g/mol. The van der Waals surface area contributed by atoms with Gasteiger partial charge in [0.2, 0.25) is 17.8 Å². The minimum Gasteiger partial charge on any atom is -0.494 e. The minimum absolute atomic E-state index is 0.109. The largest absolute Gasteiger partial charge is 0.494 e. The lowest BCUT2D eigenvalue weighted by Crippen LogP contribution is -2.19. The summed E-state index contributed by atoms with van der Waals surface area (Å²) in [6.45, 7) is 0.820. The van der Waals surface area contributed by atoms with Crippen LogP contribution in [-0.4, -0.2) is 28.6 Å². The maximum atomic E-state index is 13.8. The summed E-state index contributed by atoms with van der Waals surface area (Å²) in [5, 5.41) is 6.17. The molecule has 1 aromatic heterocycles. The van der Waals surface area contributed by atoms with E-state index in [1.807, 2.05) is 0 Å². The average molecular weight is 346 g/mol. The smallest absolute Gasteiger partial charge is 0.233 e. The summed E-state index contributed by atoms with van der Waals surface area (Å²) in [7, 11) is 1.42. The molecule has 2 aromatic rings. The van der Waals surface area contributed by atoms with Crippen molar-refractivity contribution in [2.45, 2.75) is 32.1 Å². The highest BCUT2D eigenvalue weighted by Crippen LogP contribution is 2.25. The number of nitrogens with two attached hydrogens (primary N) is 1. The number of ether oxygens (including phenoxy) is 1. The third-order valence-corrected chi connectivity index (χ3v) is 4.33. The SMILES string of the molecule is COc1ccc(Nc2nc(N)nc(NCC3CCCCC3)n2)cc1F. The second-order valence-electron chi connectivity index (χ2n) is 6.20. The topological polar surface area (TPSA) is 98.0 Å². The van der Waals surface area contributed by atoms with Crippen LogP contribution in [0.25, 0.3) is 0 Å². The predicted molar refractivity (Wildman–Crippen MR) is 95.5 cm³/mol. The molecule has 0 aliphatic heterocycles. The molecule has 3 rings (SSSR count). The normalized spacial score (nSPS) is 15.0. The van der Waals surface area contributed by atoms with Crippen molar-refractivity contribution in [3.8, 4) is 5.75 Å². The zero-order valence-corrected chi connectivity index (χ0v) is 14.3. The molecule has 1 aromatic carbocycles. The summed E-state index contributed by atoms with van der Waals surface area (Å²) >= 11 is 0. The van der Waals surface area contributed by atoms with Crippen molar-refractivity contribution in [3.05, 3.63) is 24.0 Å². The zero-order valence-electron chi connectivity index (χ0n) is 14.3. The predicted octanol–water partition coefficient (Wildman–Crippen LogP) is 3.34. The molecule has 1 heterocycles. The molecule has 134 valence electrons. The second kappa shape index (κ2) is 7.96. The van der Waals surface area contributed by atoms with E-state index in [9.17, 15) is 4.39 Å². The second-order valence-corrected chi connectivity index (χ2v) is 6.20. The van der Waals surface area contributed by atoms with E-state index in [0.29, 0.717) is 17.6 Å². The number of hydrogen-bond donors (Lipinski definition) is 3. The van der Waals surface area contributed by atoms with Crippen LogP contribution in [0.3, 0.4) is 0 Å². The third kappa shape index (κ3) is 4.68. The van der Waals surface area contributed by atoms with Crippen LogP contribution >= 0.6 is 0 Å². The minimum atomic E-state index is -0.467. The standard InChI is InChI=1S/C17H23FN6O/c1-25-14-8-7-12(9-13(14)18)21-17-23-15(19)22-16(24-17)20-10-11-5-3-2-4-6-11/h7-9,11H,2-6,10H2,1H3,(H4,19,20,21,22,23,24). The number of methoxy groups -OCH3 is 1. The number of aromatic nitrogens is 3. The van der Waals surface area contributed by atoms with Crippen LogP contribution in [0, 0.1) is 11.7 Å². The summed E-state index contributed by atoms with van der Waals surface area (Å²) < 4.78 is 18.7. The maximum absolute atomic E-state index is 13.8. The lowest BCUT2D eigenvalue weighted by molar-refractivity contribution is 0.373. The van der Waals surface area contributed by atoms with Crippen molar-refractivity contribution in [1.29, 1.82) is 0 Å². The van der Waals surface area contributed by atoms with Crippen LogP contribution in [0.4, 0.5) is 27.9 Å². The number of hydrogen-bond acceptors (Lipinski definition) is 7. The molecule has 0 unspecified atom stereocenters. The first kappa shape index (κ1) is 17.2. The van der Waals surface area contributed by atoms with Crippen LogP contribution in [0.15, 0.2) is 18.2 Å². The van der Waals surface area contributed by atoms with Gasteiger partial charge in [0.1, 0.15) is 0 Å². The van der Waals surface area contributed by atoms with E-state index in [4.69, 9.17) is 10.5 Å². The fraction of sp³-hybridized carbons (Fsp3) is 0.471.